The number of piperidine rings is 1. The number of rotatable bonds is 4. The Labute approximate surface area is 154 Å². The van der Waals surface area contributed by atoms with E-state index in [1.54, 1.807) is 0 Å². The topological polar surface area (TPSA) is 73.4 Å². The Balaban J connectivity index is 1.32. The number of nitrogens with one attached hydrogen (secondary N) is 1. The van der Waals surface area contributed by atoms with Gasteiger partial charge in [-0.2, -0.15) is 0 Å². The molecule has 0 unspecified atom stereocenters. The first-order valence-electron chi connectivity index (χ1n) is 10.2. The number of hydrogen-bond acceptors (Lipinski definition) is 4. The predicted molar refractivity (Wildman–Crippen MR) is 95.4 cm³/mol. The van der Waals surface area contributed by atoms with Gasteiger partial charge in [0.2, 0.25) is 0 Å². The van der Waals surface area contributed by atoms with Crippen LogP contribution >= 0.6 is 0 Å². The van der Waals surface area contributed by atoms with Crippen LogP contribution in [0.5, 0.6) is 0 Å². The molecule has 7 heteroatoms. The van der Waals surface area contributed by atoms with Gasteiger partial charge >= 0.3 is 5.63 Å². The van der Waals surface area contributed by atoms with E-state index in [9.17, 15) is 9.59 Å². The maximum Gasteiger partial charge on any atom is 0.426 e. The molecule has 1 aromatic heterocycles. The Morgan fingerprint density at radius 2 is 2.04 bits per heavy atom. The first-order valence-corrected chi connectivity index (χ1v) is 10.2. The van der Waals surface area contributed by atoms with Gasteiger partial charge in [0.15, 0.2) is 0 Å². The van der Waals surface area contributed by atoms with Crippen LogP contribution in [0.1, 0.15) is 51.4 Å². The molecule has 7 nitrogen and oxygen atoms in total. The van der Waals surface area contributed by atoms with Crippen molar-refractivity contribution in [1.82, 2.24) is 15.1 Å². The average Bonchev–Trinajstić information content (AvgIpc) is 3.22. The second-order valence-corrected chi connectivity index (χ2v) is 8.68. The molecule has 3 aliphatic rings. The highest BCUT2D eigenvalue weighted by atomic mass is 16.5. The van der Waals surface area contributed by atoms with Crippen molar-refractivity contribution in [3.63, 3.8) is 0 Å². The highest BCUT2D eigenvalue weighted by Crippen LogP contribution is 2.39. The SMILES string of the molecule is O=C(C[n+]1cc(=O)o[nH]1)N1CC[C@@]2(CCCN(CC3CCCCC3)C2)C1. The normalized spacial score (nSPS) is 28.1. The third kappa shape index (κ3) is 4.03. The van der Waals surface area contributed by atoms with Gasteiger partial charge in [0.1, 0.15) is 0 Å². The van der Waals surface area contributed by atoms with E-state index in [0.29, 0.717) is 0 Å². The standard InChI is InChI=1S/C19H30N4O3/c24-17(12-23-13-18(25)26-20-23)22-10-8-19(15-22)7-4-9-21(14-19)11-16-5-2-1-3-6-16/h13,16H,1-12,14-15H2/p+1/t19-/m1/s1. The maximum absolute atomic E-state index is 12.6. The summed E-state index contributed by atoms with van der Waals surface area (Å²) in [4.78, 5) is 28.3. The molecule has 0 radical (unpaired) electrons. The van der Waals surface area contributed by atoms with Gasteiger partial charge < -0.3 is 9.80 Å². The fourth-order valence-corrected chi connectivity index (χ4v) is 5.29. The summed E-state index contributed by atoms with van der Waals surface area (Å²) < 4.78 is 6.05. The van der Waals surface area contributed by atoms with Gasteiger partial charge in [-0.1, -0.05) is 23.9 Å². The Morgan fingerprint density at radius 3 is 2.81 bits per heavy atom. The van der Waals surface area contributed by atoms with Crippen molar-refractivity contribution in [2.24, 2.45) is 11.3 Å². The van der Waals surface area contributed by atoms with Crippen LogP contribution in [0.4, 0.5) is 0 Å². The molecule has 1 N–H and O–H groups in total. The lowest BCUT2D eigenvalue weighted by Crippen LogP contribution is -2.49. The average molecular weight is 363 g/mol. The van der Waals surface area contributed by atoms with Crippen LogP contribution in [-0.4, -0.2) is 53.7 Å². The van der Waals surface area contributed by atoms with Gasteiger partial charge in [0.05, 0.1) is 0 Å². The third-order valence-electron chi connectivity index (χ3n) is 6.60. The number of aromatic amines is 1. The summed E-state index contributed by atoms with van der Waals surface area (Å²) in [7, 11) is 0. The predicted octanol–water partition coefficient (Wildman–Crippen LogP) is 1.15. The van der Waals surface area contributed by atoms with Crippen LogP contribution < -0.4 is 10.3 Å². The van der Waals surface area contributed by atoms with Crippen molar-refractivity contribution in [1.29, 1.82) is 0 Å². The summed E-state index contributed by atoms with van der Waals surface area (Å²) in [6.45, 7) is 5.45. The van der Waals surface area contributed by atoms with Crippen molar-refractivity contribution in [2.75, 3.05) is 32.7 Å². The molecule has 1 spiro atoms. The zero-order valence-corrected chi connectivity index (χ0v) is 15.6. The number of likely N-dealkylation sites (tertiary alicyclic amines) is 2. The van der Waals surface area contributed by atoms with Gasteiger partial charge in [0.25, 0.3) is 18.6 Å². The Kier molecular flexibility index (Phi) is 5.16. The molecule has 3 heterocycles. The van der Waals surface area contributed by atoms with E-state index in [1.807, 2.05) is 4.90 Å². The Bertz CT molecular complexity index is 678. The van der Waals surface area contributed by atoms with Crippen LogP contribution in [-0.2, 0) is 11.3 Å². The van der Waals surface area contributed by atoms with E-state index >= 15 is 0 Å². The van der Waals surface area contributed by atoms with E-state index in [-0.39, 0.29) is 17.9 Å². The lowest BCUT2D eigenvalue weighted by atomic mass is 9.78. The van der Waals surface area contributed by atoms with E-state index in [1.165, 1.54) is 68.9 Å². The summed E-state index contributed by atoms with van der Waals surface area (Å²) in [5, 5.41) is 2.46. The molecule has 0 aromatic carbocycles. The van der Waals surface area contributed by atoms with E-state index < -0.39 is 5.63 Å². The first kappa shape index (κ1) is 17.8. The molecule has 1 aliphatic carbocycles. The third-order valence-corrected chi connectivity index (χ3v) is 6.60. The summed E-state index contributed by atoms with van der Waals surface area (Å²) in [6.07, 6.45) is 11.9. The van der Waals surface area contributed by atoms with Crippen LogP contribution in [0.2, 0.25) is 0 Å². The summed E-state index contributed by atoms with van der Waals surface area (Å²) in [6, 6.07) is 0. The minimum absolute atomic E-state index is 0.0633. The van der Waals surface area contributed by atoms with E-state index in [0.717, 1.165) is 32.0 Å². The van der Waals surface area contributed by atoms with E-state index in [2.05, 4.69) is 14.7 Å². The zero-order chi connectivity index (χ0) is 18.0. The zero-order valence-electron chi connectivity index (χ0n) is 15.6. The summed E-state index contributed by atoms with van der Waals surface area (Å²) in [5.74, 6) is 0.945. The highest BCUT2D eigenvalue weighted by molar-refractivity contribution is 5.75. The van der Waals surface area contributed by atoms with Crippen molar-refractivity contribution in [2.45, 2.75) is 57.9 Å². The van der Waals surface area contributed by atoms with Crippen molar-refractivity contribution >= 4 is 5.91 Å². The van der Waals surface area contributed by atoms with Gasteiger partial charge in [-0.3, -0.25) is 9.32 Å². The van der Waals surface area contributed by atoms with Crippen LogP contribution in [0.25, 0.3) is 0 Å². The molecule has 2 saturated heterocycles. The number of amides is 1. The molecule has 0 bridgehead atoms. The van der Waals surface area contributed by atoms with Crippen LogP contribution in [0.15, 0.2) is 15.5 Å². The number of hydrogen-bond donors (Lipinski definition) is 1. The lowest BCUT2D eigenvalue weighted by Gasteiger charge is -2.42. The molecule has 144 valence electrons. The smallest absolute Gasteiger partial charge is 0.337 e. The van der Waals surface area contributed by atoms with Crippen LogP contribution in [0.3, 0.4) is 0 Å². The lowest BCUT2D eigenvalue weighted by molar-refractivity contribution is -0.751. The molecule has 4 rings (SSSR count). The molecule has 1 amide bonds. The monoisotopic (exact) mass is 363 g/mol. The molecule has 1 atom stereocenters. The second-order valence-electron chi connectivity index (χ2n) is 8.68. The number of carbonyl (C=O) groups is 1. The molecular formula is C19H31N4O3+. The Morgan fingerprint density at radius 1 is 1.19 bits per heavy atom. The number of nitrogens with zero attached hydrogens (tertiary/aromatic N) is 3. The van der Waals surface area contributed by atoms with Gasteiger partial charge in [0, 0.05) is 31.6 Å². The summed E-state index contributed by atoms with van der Waals surface area (Å²) in [5.41, 5.74) is -0.182. The largest absolute Gasteiger partial charge is 0.426 e. The highest BCUT2D eigenvalue weighted by Gasteiger charge is 2.43. The fourth-order valence-electron chi connectivity index (χ4n) is 5.29. The number of H-pyrrole nitrogens is 1. The van der Waals surface area contributed by atoms with Gasteiger partial charge in [-0.25, -0.2) is 4.79 Å². The van der Waals surface area contributed by atoms with Crippen molar-refractivity contribution in [3.8, 4) is 0 Å². The van der Waals surface area contributed by atoms with Gasteiger partial charge in [-0.05, 0) is 49.8 Å². The van der Waals surface area contributed by atoms with Crippen molar-refractivity contribution < 1.29 is 14.0 Å². The molecule has 3 fully saturated rings. The maximum atomic E-state index is 12.6. The van der Waals surface area contributed by atoms with Crippen molar-refractivity contribution in [3.05, 3.63) is 16.6 Å². The number of carbonyl (C=O) groups excluding carboxylic acids is 1. The molecule has 1 saturated carbocycles. The minimum atomic E-state index is -0.457. The van der Waals surface area contributed by atoms with Crippen LogP contribution in [0, 0.1) is 11.3 Å². The second kappa shape index (κ2) is 7.55. The molecular weight excluding hydrogens is 332 g/mol. The molecule has 26 heavy (non-hydrogen) atoms. The minimum Gasteiger partial charge on any atom is -0.337 e. The number of aromatic nitrogens is 2. The molecule has 1 aromatic rings. The summed E-state index contributed by atoms with van der Waals surface area (Å²) >= 11 is 0. The Hall–Kier alpha value is -1.63. The first-order chi connectivity index (χ1) is 12.6. The molecule has 2 aliphatic heterocycles. The fraction of sp³-hybridized carbons (Fsp3) is 0.842. The quantitative estimate of drug-likeness (QED) is 0.815. The van der Waals surface area contributed by atoms with E-state index in [4.69, 9.17) is 0 Å². The van der Waals surface area contributed by atoms with Gasteiger partial charge in [-0.15, -0.1) is 0 Å².